The van der Waals surface area contributed by atoms with E-state index < -0.39 is 0 Å². The Hall–Kier alpha value is -2.82. The Bertz CT molecular complexity index is 725. The van der Waals surface area contributed by atoms with Gasteiger partial charge in [-0.05, 0) is 37.1 Å². The first-order chi connectivity index (χ1) is 12.2. The van der Waals surface area contributed by atoms with E-state index in [-0.39, 0.29) is 24.5 Å². The van der Waals surface area contributed by atoms with Crippen LogP contribution in [0, 0.1) is 0 Å². The number of anilines is 1. The zero-order valence-electron chi connectivity index (χ0n) is 14.0. The van der Waals surface area contributed by atoms with Crippen molar-refractivity contribution in [1.82, 2.24) is 5.32 Å². The zero-order chi connectivity index (χ0) is 17.5. The molecule has 0 heterocycles. The van der Waals surface area contributed by atoms with Crippen LogP contribution in [0.5, 0.6) is 5.75 Å². The van der Waals surface area contributed by atoms with E-state index in [2.05, 4.69) is 10.6 Å². The molecular formula is C20H22N2O3. The van der Waals surface area contributed by atoms with Crippen molar-refractivity contribution in [2.45, 2.75) is 31.7 Å². The van der Waals surface area contributed by atoms with Gasteiger partial charge in [-0.25, -0.2) is 0 Å². The Morgan fingerprint density at radius 3 is 2.40 bits per heavy atom. The summed E-state index contributed by atoms with van der Waals surface area (Å²) < 4.78 is 5.60. The summed E-state index contributed by atoms with van der Waals surface area (Å²) in [6.45, 7) is -0.0911. The van der Waals surface area contributed by atoms with Crippen molar-refractivity contribution < 1.29 is 14.3 Å². The lowest BCUT2D eigenvalue weighted by molar-refractivity contribution is -0.123. The van der Waals surface area contributed by atoms with E-state index in [9.17, 15) is 9.59 Å². The first-order valence-corrected chi connectivity index (χ1v) is 8.60. The second kappa shape index (κ2) is 8.33. The molecule has 5 heteroatoms. The summed E-state index contributed by atoms with van der Waals surface area (Å²) >= 11 is 0. The van der Waals surface area contributed by atoms with E-state index in [1.54, 1.807) is 24.3 Å². The molecule has 0 radical (unpaired) electrons. The lowest BCUT2D eigenvalue weighted by Crippen LogP contribution is -2.36. The molecule has 25 heavy (non-hydrogen) atoms. The summed E-state index contributed by atoms with van der Waals surface area (Å²) in [6.07, 6.45) is 4.38. The maximum Gasteiger partial charge on any atom is 0.259 e. The number of ether oxygens (including phenoxy) is 1. The average molecular weight is 338 g/mol. The van der Waals surface area contributed by atoms with Crippen LogP contribution >= 0.6 is 0 Å². The normalized spacial score (nSPS) is 14.1. The highest BCUT2D eigenvalue weighted by Gasteiger charge is 2.18. The van der Waals surface area contributed by atoms with E-state index in [1.807, 2.05) is 30.3 Å². The summed E-state index contributed by atoms with van der Waals surface area (Å²) in [6, 6.07) is 16.4. The molecule has 3 rings (SSSR count). The van der Waals surface area contributed by atoms with Crippen LogP contribution in [0.4, 0.5) is 5.69 Å². The van der Waals surface area contributed by atoms with Crippen molar-refractivity contribution in [2.75, 3.05) is 11.9 Å². The number of carbonyl (C=O) groups excluding carboxylic acids is 2. The van der Waals surface area contributed by atoms with Gasteiger partial charge in [0.15, 0.2) is 6.61 Å². The number of para-hydroxylation sites is 2. The lowest BCUT2D eigenvalue weighted by atomic mass is 10.2. The molecule has 0 aromatic heterocycles. The molecule has 2 aromatic carbocycles. The molecule has 1 fully saturated rings. The molecular weight excluding hydrogens is 316 g/mol. The van der Waals surface area contributed by atoms with Gasteiger partial charge in [-0.3, -0.25) is 9.59 Å². The fourth-order valence-corrected chi connectivity index (χ4v) is 2.98. The van der Waals surface area contributed by atoms with E-state index in [4.69, 9.17) is 4.74 Å². The van der Waals surface area contributed by atoms with Crippen LogP contribution < -0.4 is 15.4 Å². The zero-order valence-corrected chi connectivity index (χ0v) is 14.0. The van der Waals surface area contributed by atoms with Crippen molar-refractivity contribution in [3.63, 3.8) is 0 Å². The second-order valence-electron chi connectivity index (χ2n) is 6.15. The largest absolute Gasteiger partial charge is 0.483 e. The van der Waals surface area contributed by atoms with E-state index in [0.717, 1.165) is 25.7 Å². The van der Waals surface area contributed by atoms with Crippen LogP contribution in [0.1, 0.15) is 36.0 Å². The third-order valence-corrected chi connectivity index (χ3v) is 4.24. The predicted octanol–water partition coefficient (Wildman–Crippen LogP) is 3.38. The molecule has 2 aromatic rings. The predicted molar refractivity (Wildman–Crippen MR) is 96.7 cm³/mol. The third kappa shape index (κ3) is 4.83. The number of rotatable bonds is 6. The van der Waals surface area contributed by atoms with Gasteiger partial charge < -0.3 is 15.4 Å². The molecule has 1 saturated carbocycles. The molecule has 0 aliphatic heterocycles. The topological polar surface area (TPSA) is 67.4 Å². The van der Waals surface area contributed by atoms with Crippen LogP contribution in [0.2, 0.25) is 0 Å². The van der Waals surface area contributed by atoms with Crippen molar-refractivity contribution in [3.8, 4) is 5.75 Å². The van der Waals surface area contributed by atoms with E-state index in [1.165, 1.54) is 0 Å². The second-order valence-corrected chi connectivity index (χ2v) is 6.15. The molecule has 0 saturated heterocycles. The van der Waals surface area contributed by atoms with Crippen molar-refractivity contribution >= 4 is 17.5 Å². The van der Waals surface area contributed by atoms with E-state index >= 15 is 0 Å². The van der Waals surface area contributed by atoms with Gasteiger partial charge in [0.2, 0.25) is 0 Å². The lowest BCUT2D eigenvalue weighted by Gasteiger charge is -2.14. The highest BCUT2D eigenvalue weighted by atomic mass is 16.5. The van der Waals surface area contributed by atoms with Gasteiger partial charge in [0, 0.05) is 11.7 Å². The highest BCUT2D eigenvalue weighted by Crippen LogP contribution is 2.20. The summed E-state index contributed by atoms with van der Waals surface area (Å²) in [4.78, 5) is 24.5. The number of hydrogen-bond donors (Lipinski definition) is 2. The average Bonchev–Trinajstić information content (AvgIpc) is 3.14. The SMILES string of the molecule is O=C(COc1ccccc1C(=O)Nc1ccccc1)NC1CCCC1. The van der Waals surface area contributed by atoms with Crippen LogP contribution in [0.25, 0.3) is 0 Å². The van der Waals surface area contributed by atoms with Gasteiger partial charge in [-0.2, -0.15) is 0 Å². The summed E-state index contributed by atoms with van der Waals surface area (Å²) in [5, 5.41) is 5.80. The summed E-state index contributed by atoms with van der Waals surface area (Å²) in [5.41, 5.74) is 1.11. The Morgan fingerprint density at radius 2 is 1.64 bits per heavy atom. The minimum absolute atomic E-state index is 0.0911. The first-order valence-electron chi connectivity index (χ1n) is 8.60. The summed E-state index contributed by atoms with van der Waals surface area (Å²) in [7, 11) is 0. The Labute approximate surface area is 147 Å². The molecule has 1 aliphatic rings. The van der Waals surface area contributed by atoms with Crippen LogP contribution in [-0.2, 0) is 4.79 Å². The highest BCUT2D eigenvalue weighted by molar-refractivity contribution is 6.06. The maximum atomic E-state index is 12.5. The summed E-state index contributed by atoms with van der Waals surface area (Å²) in [5.74, 6) is -0.0133. The fraction of sp³-hybridized carbons (Fsp3) is 0.300. The van der Waals surface area contributed by atoms with E-state index in [0.29, 0.717) is 17.0 Å². The van der Waals surface area contributed by atoms with Crippen molar-refractivity contribution in [1.29, 1.82) is 0 Å². The number of amides is 2. The maximum absolute atomic E-state index is 12.5. The first kappa shape index (κ1) is 17.0. The third-order valence-electron chi connectivity index (χ3n) is 4.24. The Morgan fingerprint density at radius 1 is 0.960 bits per heavy atom. The molecule has 130 valence electrons. The number of benzene rings is 2. The Kier molecular flexibility index (Phi) is 5.67. The quantitative estimate of drug-likeness (QED) is 0.848. The van der Waals surface area contributed by atoms with Crippen LogP contribution in [-0.4, -0.2) is 24.5 Å². The minimum Gasteiger partial charge on any atom is -0.483 e. The van der Waals surface area contributed by atoms with Crippen LogP contribution in [0.15, 0.2) is 54.6 Å². The molecule has 2 N–H and O–H groups in total. The van der Waals surface area contributed by atoms with Crippen molar-refractivity contribution in [3.05, 3.63) is 60.2 Å². The molecule has 0 spiro atoms. The number of nitrogens with one attached hydrogen (secondary N) is 2. The molecule has 1 aliphatic carbocycles. The number of carbonyl (C=O) groups is 2. The monoisotopic (exact) mass is 338 g/mol. The van der Waals surface area contributed by atoms with Gasteiger partial charge >= 0.3 is 0 Å². The van der Waals surface area contributed by atoms with Gasteiger partial charge in [-0.1, -0.05) is 43.2 Å². The van der Waals surface area contributed by atoms with Crippen molar-refractivity contribution in [2.24, 2.45) is 0 Å². The van der Waals surface area contributed by atoms with Crippen LogP contribution in [0.3, 0.4) is 0 Å². The molecule has 2 amide bonds. The minimum atomic E-state index is -0.266. The smallest absolute Gasteiger partial charge is 0.259 e. The van der Waals surface area contributed by atoms with Gasteiger partial charge in [0.05, 0.1) is 5.56 Å². The molecule has 0 atom stereocenters. The number of hydrogen-bond acceptors (Lipinski definition) is 3. The molecule has 0 bridgehead atoms. The molecule has 5 nitrogen and oxygen atoms in total. The Balaban J connectivity index is 1.60. The standard InChI is InChI=1S/C20H22N2O3/c23-19(21-15-10-4-5-11-15)14-25-18-13-7-6-12-17(18)20(24)22-16-8-2-1-3-9-16/h1-3,6-9,12-13,15H,4-5,10-11,14H2,(H,21,23)(H,22,24). The van der Waals surface area contributed by atoms with Gasteiger partial charge in [0.1, 0.15) is 5.75 Å². The van der Waals surface area contributed by atoms with Gasteiger partial charge in [0.25, 0.3) is 11.8 Å². The van der Waals surface area contributed by atoms with Gasteiger partial charge in [-0.15, -0.1) is 0 Å². The molecule has 0 unspecified atom stereocenters. The fourth-order valence-electron chi connectivity index (χ4n) is 2.98.